The fourth-order valence-electron chi connectivity index (χ4n) is 1.40. The number of hydrogen-bond donors (Lipinski definition) is 0. The molecule has 0 saturated carbocycles. The Morgan fingerprint density at radius 3 is 2.36 bits per heavy atom. The maximum atomic E-state index is 4.08. The van der Waals surface area contributed by atoms with Crippen LogP contribution in [0.2, 0.25) is 0 Å². The first-order chi connectivity index (χ1) is 6.61. The lowest BCUT2D eigenvalue weighted by molar-refractivity contribution is 0.370. The molecule has 76 valence electrons. The van der Waals surface area contributed by atoms with Crippen molar-refractivity contribution in [2.24, 2.45) is 5.92 Å². The number of hydrogen-bond acceptors (Lipinski definition) is 1. The molecule has 0 aromatic heterocycles. The van der Waals surface area contributed by atoms with Crippen LogP contribution in [0.5, 0.6) is 0 Å². The molecule has 0 bridgehead atoms. The minimum Gasteiger partial charge on any atom is -0.374 e. The van der Waals surface area contributed by atoms with E-state index in [1.165, 1.54) is 11.3 Å². The van der Waals surface area contributed by atoms with Crippen LogP contribution in [0.3, 0.4) is 0 Å². The van der Waals surface area contributed by atoms with Gasteiger partial charge in [0.1, 0.15) is 0 Å². The van der Waals surface area contributed by atoms with Gasteiger partial charge in [-0.05, 0) is 11.5 Å². The maximum absolute atomic E-state index is 4.08. The molecule has 1 aromatic carbocycles. The molecule has 0 amide bonds. The summed E-state index contributed by atoms with van der Waals surface area (Å²) in [6.45, 7) is 9.36. The van der Waals surface area contributed by atoms with Gasteiger partial charge in [0.15, 0.2) is 0 Å². The van der Waals surface area contributed by atoms with Crippen molar-refractivity contribution >= 4 is 0 Å². The van der Waals surface area contributed by atoms with Crippen LogP contribution in [0.1, 0.15) is 19.4 Å². The van der Waals surface area contributed by atoms with E-state index in [-0.39, 0.29) is 0 Å². The largest absolute Gasteiger partial charge is 0.374 e. The molecule has 0 aliphatic carbocycles. The lowest BCUT2D eigenvalue weighted by atomic mass is 10.1. The van der Waals surface area contributed by atoms with E-state index in [2.05, 4.69) is 56.6 Å². The van der Waals surface area contributed by atoms with Crippen molar-refractivity contribution in [3.63, 3.8) is 0 Å². The summed E-state index contributed by atoms with van der Waals surface area (Å²) >= 11 is 0. The second-order valence-corrected chi connectivity index (χ2v) is 3.99. The van der Waals surface area contributed by atoms with E-state index in [1.54, 1.807) is 0 Å². The van der Waals surface area contributed by atoms with Gasteiger partial charge in [0.05, 0.1) is 0 Å². The molecule has 0 atom stereocenters. The van der Waals surface area contributed by atoms with Crippen molar-refractivity contribution in [2.45, 2.75) is 20.4 Å². The molecule has 1 heteroatoms. The molecule has 0 radical (unpaired) electrons. The third kappa shape index (κ3) is 2.91. The zero-order valence-electron chi connectivity index (χ0n) is 9.33. The minimum atomic E-state index is 0.517. The lowest BCUT2D eigenvalue weighted by Gasteiger charge is -2.24. The predicted octanol–water partition coefficient (Wildman–Crippen LogP) is 3.29. The van der Waals surface area contributed by atoms with Gasteiger partial charge in [0.25, 0.3) is 0 Å². The van der Waals surface area contributed by atoms with Crippen LogP contribution in [0.15, 0.2) is 42.6 Å². The second kappa shape index (κ2) is 4.85. The molecule has 1 nitrogen and oxygen atoms in total. The van der Waals surface area contributed by atoms with Crippen molar-refractivity contribution in [1.29, 1.82) is 0 Å². The minimum absolute atomic E-state index is 0.517. The Bertz CT molecular complexity index is 287. The van der Waals surface area contributed by atoms with Gasteiger partial charge in [-0.3, -0.25) is 0 Å². The molecule has 0 N–H and O–H groups in total. The van der Waals surface area contributed by atoms with Gasteiger partial charge in [0.2, 0.25) is 0 Å². The van der Waals surface area contributed by atoms with Crippen molar-refractivity contribution in [3.05, 3.63) is 48.2 Å². The summed E-state index contributed by atoms with van der Waals surface area (Å²) in [6.07, 6.45) is 0. The molecule has 0 saturated heterocycles. The topological polar surface area (TPSA) is 3.24 Å². The number of benzene rings is 1. The highest BCUT2D eigenvalue weighted by molar-refractivity contribution is 5.15. The van der Waals surface area contributed by atoms with Crippen LogP contribution >= 0.6 is 0 Å². The molecule has 1 aromatic rings. The first-order valence-corrected chi connectivity index (χ1v) is 5.05. The van der Waals surface area contributed by atoms with Crippen LogP contribution in [-0.2, 0) is 6.54 Å². The first-order valence-electron chi connectivity index (χ1n) is 5.05. The van der Waals surface area contributed by atoms with Crippen LogP contribution in [0.25, 0.3) is 0 Å². The highest BCUT2D eigenvalue weighted by Crippen LogP contribution is 2.13. The highest BCUT2D eigenvalue weighted by Gasteiger charge is 2.06. The third-order valence-electron chi connectivity index (χ3n) is 2.42. The summed E-state index contributed by atoms with van der Waals surface area (Å²) in [5.41, 5.74) is 2.52. The van der Waals surface area contributed by atoms with Crippen LogP contribution in [0.4, 0.5) is 0 Å². The Hall–Kier alpha value is -1.24. The average molecular weight is 189 g/mol. The van der Waals surface area contributed by atoms with Gasteiger partial charge in [-0.2, -0.15) is 0 Å². The lowest BCUT2D eigenvalue weighted by Crippen LogP contribution is -2.19. The van der Waals surface area contributed by atoms with E-state index in [4.69, 9.17) is 0 Å². The van der Waals surface area contributed by atoms with E-state index >= 15 is 0 Å². The van der Waals surface area contributed by atoms with E-state index in [1.807, 2.05) is 6.07 Å². The molecule has 0 heterocycles. The molecule has 0 aliphatic heterocycles. The summed E-state index contributed by atoms with van der Waals surface area (Å²) < 4.78 is 0. The Morgan fingerprint density at radius 1 is 1.29 bits per heavy atom. The first kappa shape index (κ1) is 10.8. The highest BCUT2D eigenvalue weighted by atomic mass is 15.1. The Kier molecular flexibility index (Phi) is 3.75. The van der Waals surface area contributed by atoms with E-state index < -0.39 is 0 Å². The van der Waals surface area contributed by atoms with E-state index in [0.29, 0.717) is 5.92 Å². The Labute approximate surface area is 87.1 Å². The van der Waals surface area contributed by atoms with Gasteiger partial charge < -0.3 is 4.90 Å². The SMILES string of the molecule is C=C(C(C)C)N(C)Cc1ccccc1. The third-order valence-corrected chi connectivity index (χ3v) is 2.42. The Balaban J connectivity index is 2.57. The molecule has 1 rings (SSSR count). The summed E-state index contributed by atoms with van der Waals surface area (Å²) in [5, 5.41) is 0. The average Bonchev–Trinajstić information content (AvgIpc) is 2.18. The summed E-state index contributed by atoms with van der Waals surface area (Å²) in [7, 11) is 2.09. The van der Waals surface area contributed by atoms with Gasteiger partial charge >= 0.3 is 0 Å². The molecular formula is C13H19N. The molecule has 0 fully saturated rings. The summed E-state index contributed by atoms with van der Waals surface area (Å²) in [6, 6.07) is 10.5. The smallest absolute Gasteiger partial charge is 0.0423 e. The monoisotopic (exact) mass is 189 g/mol. The standard InChI is InChI=1S/C13H19N/c1-11(2)12(3)14(4)10-13-8-6-5-7-9-13/h5-9,11H,3,10H2,1-2,4H3. The molecular weight excluding hydrogens is 170 g/mol. The fourth-order valence-corrected chi connectivity index (χ4v) is 1.40. The normalized spacial score (nSPS) is 10.3. The number of nitrogens with zero attached hydrogens (tertiary/aromatic N) is 1. The van der Waals surface area contributed by atoms with E-state index in [9.17, 15) is 0 Å². The van der Waals surface area contributed by atoms with Crippen molar-refractivity contribution in [2.75, 3.05) is 7.05 Å². The molecule has 0 aliphatic rings. The van der Waals surface area contributed by atoms with Crippen molar-refractivity contribution < 1.29 is 0 Å². The van der Waals surface area contributed by atoms with Crippen LogP contribution in [0, 0.1) is 5.92 Å². The van der Waals surface area contributed by atoms with Crippen molar-refractivity contribution in [3.8, 4) is 0 Å². The predicted molar refractivity (Wildman–Crippen MR) is 61.9 cm³/mol. The zero-order chi connectivity index (χ0) is 10.6. The fraction of sp³-hybridized carbons (Fsp3) is 0.385. The maximum Gasteiger partial charge on any atom is 0.0423 e. The van der Waals surface area contributed by atoms with Gasteiger partial charge in [0, 0.05) is 19.3 Å². The van der Waals surface area contributed by atoms with Gasteiger partial charge in [-0.1, -0.05) is 50.8 Å². The summed E-state index contributed by atoms with van der Waals surface area (Å²) in [4.78, 5) is 2.21. The van der Waals surface area contributed by atoms with Crippen LogP contribution < -0.4 is 0 Å². The summed E-state index contributed by atoms with van der Waals surface area (Å²) in [5.74, 6) is 0.517. The van der Waals surface area contributed by atoms with Gasteiger partial charge in [-0.25, -0.2) is 0 Å². The molecule has 0 spiro atoms. The molecule has 0 unspecified atom stereocenters. The second-order valence-electron chi connectivity index (χ2n) is 3.99. The van der Waals surface area contributed by atoms with Crippen LogP contribution in [-0.4, -0.2) is 11.9 Å². The van der Waals surface area contributed by atoms with Crippen molar-refractivity contribution in [1.82, 2.24) is 4.90 Å². The number of rotatable bonds is 4. The number of allylic oxidation sites excluding steroid dienone is 1. The quantitative estimate of drug-likeness (QED) is 0.702. The Morgan fingerprint density at radius 2 is 1.86 bits per heavy atom. The van der Waals surface area contributed by atoms with E-state index in [0.717, 1.165) is 6.54 Å². The van der Waals surface area contributed by atoms with Gasteiger partial charge in [-0.15, -0.1) is 0 Å². The zero-order valence-corrected chi connectivity index (χ0v) is 9.33. The molecule has 14 heavy (non-hydrogen) atoms.